The van der Waals surface area contributed by atoms with Crippen molar-refractivity contribution >= 4 is 21.4 Å². The van der Waals surface area contributed by atoms with Gasteiger partial charge in [-0.25, -0.2) is 18.4 Å². The van der Waals surface area contributed by atoms with E-state index in [0.717, 1.165) is 6.26 Å². The molecule has 0 aliphatic carbocycles. The van der Waals surface area contributed by atoms with Crippen LogP contribution in [-0.2, 0) is 9.84 Å². The summed E-state index contributed by atoms with van der Waals surface area (Å²) in [6, 6.07) is -0.532. The number of hydrogen-bond acceptors (Lipinski definition) is 7. The van der Waals surface area contributed by atoms with E-state index in [1.807, 2.05) is 13.8 Å². The van der Waals surface area contributed by atoms with Gasteiger partial charge in [0.15, 0.2) is 5.69 Å². The molecule has 0 bridgehead atoms. The molecule has 4 N–H and O–H groups in total. The van der Waals surface area contributed by atoms with Gasteiger partial charge >= 0.3 is 0 Å². The molecule has 0 aromatic carbocycles. The lowest BCUT2D eigenvalue weighted by atomic mass is 10.2. The van der Waals surface area contributed by atoms with Gasteiger partial charge in [-0.2, -0.15) is 0 Å². The van der Waals surface area contributed by atoms with Crippen molar-refractivity contribution in [1.29, 1.82) is 0 Å². The van der Waals surface area contributed by atoms with Gasteiger partial charge in [0.25, 0.3) is 5.91 Å². The molecule has 1 rings (SSSR count). The van der Waals surface area contributed by atoms with Crippen molar-refractivity contribution < 1.29 is 13.2 Å². The Morgan fingerprint density at radius 2 is 2.00 bits per heavy atom. The first kappa shape index (κ1) is 17.3. The average molecular weight is 315 g/mol. The van der Waals surface area contributed by atoms with Crippen molar-refractivity contribution in [2.24, 2.45) is 5.84 Å². The van der Waals surface area contributed by atoms with Gasteiger partial charge in [-0.3, -0.25) is 10.6 Å². The number of rotatable bonds is 6. The van der Waals surface area contributed by atoms with Gasteiger partial charge in [0.2, 0.25) is 0 Å². The Kier molecular flexibility index (Phi) is 5.62. The van der Waals surface area contributed by atoms with Crippen molar-refractivity contribution in [2.45, 2.75) is 32.7 Å². The molecule has 0 radical (unpaired) electrons. The molecule has 8 nitrogen and oxygen atoms in total. The van der Waals surface area contributed by atoms with Crippen molar-refractivity contribution in [2.75, 3.05) is 17.4 Å². The smallest absolute Gasteiger partial charge is 0.272 e. The quantitative estimate of drug-likeness (QED) is 0.500. The lowest BCUT2D eigenvalue weighted by Gasteiger charge is -2.15. The van der Waals surface area contributed by atoms with Crippen molar-refractivity contribution in [1.82, 2.24) is 15.3 Å². The summed E-state index contributed by atoms with van der Waals surface area (Å²) >= 11 is 0. The van der Waals surface area contributed by atoms with Crippen LogP contribution in [0.3, 0.4) is 0 Å². The number of sulfone groups is 1. The van der Waals surface area contributed by atoms with Crippen LogP contribution in [0.25, 0.3) is 0 Å². The van der Waals surface area contributed by atoms with E-state index in [1.54, 1.807) is 6.92 Å². The third-order valence-corrected chi connectivity index (χ3v) is 3.73. The zero-order chi connectivity index (χ0) is 16.2. The number of nitrogens with one attached hydrogen (secondary N) is 2. The molecule has 0 spiro atoms. The van der Waals surface area contributed by atoms with Crippen molar-refractivity contribution in [3.8, 4) is 0 Å². The minimum absolute atomic E-state index is 0.0526. The lowest BCUT2D eigenvalue weighted by Crippen LogP contribution is -2.38. The summed E-state index contributed by atoms with van der Waals surface area (Å²) in [5, 5.41) is 2.59. The summed E-state index contributed by atoms with van der Waals surface area (Å²) in [7, 11) is -3.18. The van der Waals surface area contributed by atoms with Gasteiger partial charge in [0, 0.05) is 18.2 Å². The number of aromatic nitrogens is 2. The predicted molar refractivity (Wildman–Crippen MR) is 80.6 cm³/mol. The van der Waals surface area contributed by atoms with Gasteiger partial charge in [0.1, 0.15) is 15.7 Å². The molecular formula is C12H21N5O3S. The molecule has 1 amide bonds. The van der Waals surface area contributed by atoms with Gasteiger partial charge in [-0.05, 0) is 6.92 Å². The van der Waals surface area contributed by atoms with Crippen molar-refractivity contribution in [3.05, 3.63) is 17.7 Å². The highest BCUT2D eigenvalue weighted by molar-refractivity contribution is 7.90. The molecule has 0 saturated heterocycles. The van der Waals surface area contributed by atoms with E-state index < -0.39 is 21.8 Å². The number of nitrogens with zero attached hydrogens (tertiary/aromatic N) is 2. The zero-order valence-corrected chi connectivity index (χ0v) is 13.4. The highest BCUT2D eigenvalue weighted by atomic mass is 32.2. The molecule has 118 valence electrons. The number of hydrogen-bond donors (Lipinski definition) is 3. The summed E-state index contributed by atoms with van der Waals surface area (Å²) < 4.78 is 22.4. The first-order valence-electron chi connectivity index (χ1n) is 6.46. The Morgan fingerprint density at radius 3 is 2.48 bits per heavy atom. The maximum Gasteiger partial charge on any atom is 0.272 e. The van der Waals surface area contributed by atoms with Crippen LogP contribution in [-0.4, -0.2) is 42.3 Å². The van der Waals surface area contributed by atoms with E-state index in [-0.39, 0.29) is 23.1 Å². The van der Waals surface area contributed by atoms with Crippen LogP contribution < -0.4 is 16.6 Å². The highest BCUT2D eigenvalue weighted by Gasteiger charge is 2.19. The van der Waals surface area contributed by atoms with Crippen LogP contribution in [0.15, 0.2) is 6.20 Å². The number of carbonyl (C=O) groups is 1. The molecule has 21 heavy (non-hydrogen) atoms. The lowest BCUT2D eigenvalue weighted by molar-refractivity contribution is 0.0939. The Balaban J connectivity index is 2.97. The second-order valence-electron chi connectivity index (χ2n) is 5.26. The Hall–Kier alpha value is -1.74. The molecule has 9 heteroatoms. The molecule has 0 fully saturated rings. The molecule has 1 aromatic rings. The van der Waals surface area contributed by atoms with E-state index in [1.165, 1.54) is 6.20 Å². The Morgan fingerprint density at radius 1 is 1.38 bits per heavy atom. The molecule has 1 aromatic heterocycles. The number of amides is 1. The summed E-state index contributed by atoms with van der Waals surface area (Å²) in [6.07, 6.45) is 2.54. The fraction of sp³-hybridized carbons (Fsp3) is 0.583. The maximum absolute atomic E-state index is 12.2. The average Bonchev–Trinajstić information content (AvgIpc) is 2.35. The van der Waals surface area contributed by atoms with Gasteiger partial charge < -0.3 is 10.7 Å². The topological polar surface area (TPSA) is 127 Å². The first-order valence-corrected chi connectivity index (χ1v) is 8.52. The van der Waals surface area contributed by atoms with Crippen LogP contribution in [0.5, 0.6) is 0 Å². The summed E-state index contributed by atoms with van der Waals surface area (Å²) in [5.41, 5.74) is 2.74. The van der Waals surface area contributed by atoms with Crippen LogP contribution in [0.1, 0.15) is 43.0 Å². The first-order chi connectivity index (χ1) is 9.64. The van der Waals surface area contributed by atoms with E-state index >= 15 is 0 Å². The van der Waals surface area contributed by atoms with Crippen LogP contribution in [0, 0.1) is 0 Å². The third kappa shape index (κ3) is 5.27. The standard InChI is InChI=1S/C12H21N5O3S/c1-7(2)11-14-5-9(17-13)10(16-11)12(18)15-8(3)6-21(4,19)20/h5,7-8,17H,6,13H2,1-4H3,(H,15,18). The Labute approximate surface area is 124 Å². The normalized spacial score (nSPS) is 13.0. The fourth-order valence-electron chi connectivity index (χ4n) is 1.74. The summed E-state index contributed by atoms with van der Waals surface area (Å²) in [4.78, 5) is 20.5. The van der Waals surface area contributed by atoms with E-state index in [9.17, 15) is 13.2 Å². The fourth-order valence-corrected chi connectivity index (χ4v) is 2.73. The number of hydrazine groups is 1. The van der Waals surface area contributed by atoms with E-state index in [2.05, 4.69) is 20.7 Å². The second-order valence-corrected chi connectivity index (χ2v) is 7.44. The van der Waals surface area contributed by atoms with Gasteiger partial charge in [-0.15, -0.1) is 0 Å². The summed E-state index contributed by atoms with van der Waals surface area (Å²) in [6.45, 7) is 5.41. The SMILES string of the molecule is CC(CS(C)(=O)=O)NC(=O)c1nc(C(C)C)ncc1NN. The molecule has 1 heterocycles. The van der Waals surface area contributed by atoms with E-state index in [4.69, 9.17) is 5.84 Å². The largest absolute Gasteiger partial charge is 0.347 e. The number of anilines is 1. The van der Waals surface area contributed by atoms with Crippen LogP contribution in [0.4, 0.5) is 5.69 Å². The van der Waals surface area contributed by atoms with Crippen molar-refractivity contribution in [3.63, 3.8) is 0 Å². The molecule has 0 aliphatic rings. The highest BCUT2D eigenvalue weighted by Crippen LogP contribution is 2.15. The number of nitrogens with two attached hydrogens (primary N) is 1. The van der Waals surface area contributed by atoms with E-state index in [0.29, 0.717) is 5.82 Å². The summed E-state index contributed by atoms with van der Waals surface area (Å²) in [5.74, 6) is 5.26. The molecule has 0 aliphatic heterocycles. The monoisotopic (exact) mass is 315 g/mol. The minimum Gasteiger partial charge on any atom is -0.347 e. The molecule has 1 unspecified atom stereocenters. The zero-order valence-electron chi connectivity index (χ0n) is 12.5. The Bertz CT molecular complexity index is 615. The minimum atomic E-state index is -3.18. The second kappa shape index (κ2) is 6.81. The maximum atomic E-state index is 12.2. The number of carbonyl (C=O) groups excluding carboxylic acids is 1. The van der Waals surface area contributed by atoms with Crippen LogP contribution >= 0.6 is 0 Å². The molecule has 1 atom stereocenters. The van der Waals surface area contributed by atoms with Gasteiger partial charge in [0.05, 0.1) is 17.6 Å². The predicted octanol–water partition coefficient (Wildman–Crippen LogP) is 0.0485. The van der Waals surface area contributed by atoms with Gasteiger partial charge in [-0.1, -0.05) is 13.8 Å². The molecular weight excluding hydrogens is 294 g/mol. The molecule has 0 saturated carbocycles. The third-order valence-electron chi connectivity index (χ3n) is 2.62. The number of nitrogen functional groups attached to an aromatic ring is 1. The van der Waals surface area contributed by atoms with Crippen LogP contribution in [0.2, 0.25) is 0 Å².